The summed E-state index contributed by atoms with van der Waals surface area (Å²) < 4.78 is 8.56. The number of methoxy groups -OCH3 is 2. The van der Waals surface area contributed by atoms with Crippen LogP contribution in [0.15, 0.2) is 0 Å². The van der Waals surface area contributed by atoms with Crippen LogP contribution in [0.1, 0.15) is 12.8 Å². The van der Waals surface area contributed by atoms with E-state index in [1.165, 1.54) is 0 Å². The molecule has 18 heavy (non-hydrogen) atoms. The molecule has 0 saturated heterocycles. The molecule has 8 heteroatoms. The second-order valence-electron chi connectivity index (χ2n) is 3.45. The summed E-state index contributed by atoms with van der Waals surface area (Å²) in [5, 5.41) is 17.8. The second-order valence-corrected chi connectivity index (χ2v) is 3.45. The minimum absolute atomic E-state index is 0.625. The van der Waals surface area contributed by atoms with Crippen LogP contribution in [0.4, 0.5) is 0 Å². The van der Waals surface area contributed by atoms with E-state index in [-0.39, 0.29) is 0 Å². The molecule has 0 bridgehead atoms. The van der Waals surface area contributed by atoms with E-state index in [1.54, 1.807) is 0 Å². The molecule has 0 radical (unpaired) electrons. The van der Waals surface area contributed by atoms with Gasteiger partial charge >= 0.3 is 23.9 Å². The highest BCUT2D eigenvalue weighted by molar-refractivity contribution is 5.87. The van der Waals surface area contributed by atoms with Crippen LogP contribution in [0.2, 0.25) is 0 Å². The first-order chi connectivity index (χ1) is 8.33. The van der Waals surface area contributed by atoms with Crippen LogP contribution < -0.4 is 0 Å². The van der Waals surface area contributed by atoms with E-state index in [4.69, 9.17) is 10.2 Å². The van der Waals surface area contributed by atoms with Crippen LogP contribution in [0.5, 0.6) is 0 Å². The standard InChI is InChI=1S/C10H14O8/c1-17-7(11)3-5(9(13)14)6(10(15)16)4-8(12)18-2/h5-6H,3-4H2,1-2H3,(H,13,14)(H,15,16). The average Bonchev–Trinajstić information content (AvgIpc) is 2.31. The summed E-state index contributed by atoms with van der Waals surface area (Å²) in [6, 6.07) is 0. The maximum Gasteiger partial charge on any atom is 0.307 e. The molecule has 0 fully saturated rings. The van der Waals surface area contributed by atoms with Crippen molar-refractivity contribution in [3.8, 4) is 0 Å². The Hall–Kier alpha value is -2.12. The van der Waals surface area contributed by atoms with Gasteiger partial charge in [0, 0.05) is 0 Å². The quantitative estimate of drug-likeness (QED) is 0.588. The highest BCUT2D eigenvalue weighted by atomic mass is 16.5. The van der Waals surface area contributed by atoms with Crippen molar-refractivity contribution < 1.29 is 38.9 Å². The van der Waals surface area contributed by atoms with Gasteiger partial charge < -0.3 is 19.7 Å². The summed E-state index contributed by atoms with van der Waals surface area (Å²) >= 11 is 0. The fourth-order valence-electron chi connectivity index (χ4n) is 1.33. The van der Waals surface area contributed by atoms with E-state index in [1.807, 2.05) is 0 Å². The molecular weight excluding hydrogens is 248 g/mol. The molecule has 0 heterocycles. The number of rotatable bonds is 7. The Bertz CT molecular complexity index is 314. The fourth-order valence-corrected chi connectivity index (χ4v) is 1.33. The highest BCUT2D eigenvalue weighted by Crippen LogP contribution is 2.21. The zero-order valence-corrected chi connectivity index (χ0v) is 9.91. The van der Waals surface area contributed by atoms with Gasteiger partial charge in [-0.1, -0.05) is 0 Å². The molecule has 0 aromatic carbocycles. The van der Waals surface area contributed by atoms with Crippen LogP contribution in [0.3, 0.4) is 0 Å². The minimum atomic E-state index is -1.55. The van der Waals surface area contributed by atoms with Crippen LogP contribution in [-0.2, 0) is 28.7 Å². The van der Waals surface area contributed by atoms with Crippen molar-refractivity contribution in [2.45, 2.75) is 12.8 Å². The Morgan fingerprint density at radius 1 is 0.833 bits per heavy atom. The summed E-state index contributed by atoms with van der Waals surface area (Å²) in [5.41, 5.74) is 0. The third kappa shape index (κ3) is 4.81. The van der Waals surface area contributed by atoms with E-state index in [9.17, 15) is 19.2 Å². The molecule has 0 aliphatic rings. The van der Waals surface area contributed by atoms with Gasteiger partial charge in [0.2, 0.25) is 0 Å². The van der Waals surface area contributed by atoms with Gasteiger partial charge in [-0.05, 0) is 0 Å². The van der Waals surface area contributed by atoms with Crippen LogP contribution in [0.25, 0.3) is 0 Å². The van der Waals surface area contributed by atoms with Gasteiger partial charge in [-0.3, -0.25) is 19.2 Å². The molecule has 2 unspecified atom stereocenters. The number of carbonyl (C=O) groups excluding carboxylic acids is 2. The molecule has 0 saturated carbocycles. The van der Waals surface area contributed by atoms with Crippen molar-refractivity contribution in [2.24, 2.45) is 11.8 Å². The summed E-state index contributed by atoms with van der Waals surface area (Å²) in [5.74, 6) is -7.80. The Labute approximate surface area is 102 Å². The van der Waals surface area contributed by atoms with Gasteiger partial charge in [0.25, 0.3) is 0 Å². The largest absolute Gasteiger partial charge is 0.481 e. The van der Waals surface area contributed by atoms with Gasteiger partial charge in [0.05, 0.1) is 38.9 Å². The van der Waals surface area contributed by atoms with Crippen LogP contribution >= 0.6 is 0 Å². The monoisotopic (exact) mass is 262 g/mol. The smallest absolute Gasteiger partial charge is 0.307 e. The molecular formula is C10H14O8. The van der Waals surface area contributed by atoms with E-state index in [0.29, 0.717) is 0 Å². The van der Waals surface area contributed by atoms with Gasteiger partial charge in [0.1, 0.15) is 0 Å². The lowest BCUT2D eigenvalue weighted by molar-refractivity contribution is -0.161. The number of carboxylic acid groups (broad SMARTS) is 2. The molecule has 0 aromatic heterocycles. The molecule has 0 aliphatic heterocycles. The summed E-state index contributed by atoms with van der Waals surface area (Å²) in [6.45, 7) is 0. The molecule has 0 aliphatic carbocycles. The Morgan fingerprint density at radius 3 is 1.28 bits per heavy atom. The predicted molar refractivity (Wildman–Crippen MR) is 55.5 cm³/mol. The molecule has 0 aromatic rings. The number of hydrogen-bond acceptors (Lipinski definition) is 6. The summed E-state index contributed by atoms with van der Waals surface area (Å²) in [4.78, 5) is 43.9. The van der Waals surface area contributed by atoms with Gasteiger partial charge in [-0.2, -0.15) is 0 Å². The molecule has 0 spiro atoms. The van der Waals surface area contributed by atoms with Crippen LogP contribution in [0, 0.1) is 11.8 Å². The van der Waals surface area contributed by atoms with Gasteiger partial charge in [-0.15, -0.1) is 0 Å². The normalized spacial score (nSPS) is 13.2. The lowest BCUT2D eigenvalue weighted by atomic mass is 9.87. The zero-order valence-electron chi connectivity index (χ0n) is 9.91. The summed E-state index contributed by atoms with van der Waals surface area (Å²) in [7, 11) is 2.11. The van der Waals surface area contributed by atoms with Crippen molar-refractivity contribution in [3.05, 3.63) is 0 Å². The number of hydrogen-bond donors (Lipinski definition) is 2. The summed E-state index contributed by atoms with van der Waals surface area (Å²) in [6.07, 6.45) is -1.25. The van der Waals surface area contributed by atoms with E-state index >= 15 is 0 Å². The lowest BCUT2D eigenvalue weighted by Gasteiger charge is -2.18. The maximum absolute atomic E-state index is 11.0. The van der Waals surface area contributed by atoms with Crippen molar-refractivity contribution in [3.63, 3.8) is 0 Å². The highest BCUT2D eigenvalue weighted by Gasteiger charge is 2.37. The van der Waals surface area contributed by atoms with E-state index in [0.717, 1.165) is 14.2 Å². The minimum Gasteiger partial charge on any atom is -0.481 e. The Balaban J connectivity index is 4.99. The molecule has 2 N–H and O–H groups in total. The topological polar surface area (TPSA) is 127 Å². The van der Waals surface area contributed by atoms with Crippen LogP contribution in [-0.4, -0.2) is 48.3 Å². The first kappa shape index (κ1) is 15.9. The van der Waals surface area contributed by atoms with E-state index < -0.39 is 48.6 Å². The molecule has 102 valence electrons. The Morgan fingerprint density at radius 2 is 1.11 bits per heavy atom. The number of carbonyl (C=O) groups is 4. The first-order valence-electron chi connectivity index (χ1n) is 4.92. The third-order valence-electron chi connectivity index (χ3n) is 2.35. The lowest BCUT2D eigenvalue weighted by Crippen LogP contribution is -2.33. The average molecular weight is 262 g/mol. The second kappa shape index (κ2) is 7.25. The van der Waals surface area contributed by atoms with Crippen molar-refractivity contribution in [2.75, 3.05) is 14.2 Å². The number of carboxylic acids is 2. The molecule has 0 amide bonds. The van der Waals surface area contributed by atoms with Crippen molar-refractivity contribution >= 4 is 23.9 Å². The van der Waals surface area contributed by atoms with Gasteiger partial charge in [-0.25, -0.2) is 0 Å². The third-order valence-corrected chi connectivity index (χ3v) is 2.35. The molecule has 2 atom stereocenters. The fraction of sp³-hybridized carbons (Fsp3) is 0.600. The molecule has 8 nitrogen and oxygen atoms in total. The van der Waals surface area contributed by atoms with Gasteiger partial charge in [0.15, 0.2) is 0 Å². The predicted octanol–water partition coefficient (Wildman–Crippen LogP) is -0.486. The molecule has 0 rings (SSSR count). The van der Waals surface area contributed by atoms with Crippen molar-refractivity contribution in [1.82, 2.24) is 0 Å². The number of aliphatic carboxylic acids is 2. The number of ether oxygens (including phenoxy) is 2. The Kier molecular flexibility index (Phi) is 6.40. The number of esters is 2. The van der Waals surface area contributed by atoms with E-state index in [2.05, 4.69) is 9.47 Å². The first-order valence-corrected chi connectivity index (χ1v) is 4.92. The maximum atomic E-state index is 11.0. The zero-order chi connectivity index (χ0) is 14.3. The van der Waals surface area contributed by atoms with Crippen molar-refractivity contribution in [1.29, 1.82) is 0 Å². The SMILES string of the molecule is COC(=O)CC(C(=O)O)C(CC(=O)OC)C(=O)O.